The zero-order valence-electron chi connectivity index (χ0n) is 15.2. The molecule has 1 heterocycles. The molecule has 2 aromatic carbocycles. The summed E-state index contributed by atoms with van der Waals surface area (Å²) in [4.78, 5) is 23.9. The molecule has 0 fully saturated rings. The Kier molecular flexibility index (Phi) is 6.24. The Morgan fingerprint density at radius 2 is 1.93 bits per heavy atom. The van der Waals surface area contributed by atoms with Gasteiger partial charge >= 0.3 is 5.63 Å². The number of nitrogens with one attached hydrogen (secondary N) is 1. The number of rotatable bonds is 6. The van der Waals surface area contributed by atoms with Crippen molar-refractivity contribution in [1.82, 2.24) is 5.32 Å². The first-order valence-electron chi connectivity index (χ1n) is 8.55. The van der Waals surface area contributed by atoms with Gasteiger partial charge in [0.05, 0.1) is 5.75 Å². The fraction of sp³-hybridized carbons (Fsp3) is 0.238. The van der Waals surface area contributed by atoms with E-state index in [0.29, 0.717) is 28.7 Å². The van der Waals surface area contributed by atoms with Crippen molar-refractivity contribution >= 4 is 40.2 Å². The largest absolute Gasteiger partial charge is 0.423 e. The maximum absolute atomic E-state index is 12.1. The van der Waals surface area contributed by atoms with Crippen molar-refractivity contribution in [2.24, 2.45) is 0 Å². The quantitative estimate of drug-likeness (QED) is 0.612. The summed E-state index contributed by atoms with van der Waals surface area (Å²) < 4.78 is 5.31. The Bertz CT molecular complexity index is 1050. The molecule has 0 unspecified atom stereocenters. The Labute approximate surface area is 166 Å². The normalized spacial score (nSPS) is 10.9. The Morgan fingerprint density at radius 3 is 2.70 bits per heavy atom. The number of carbonyl (C=O) groups is 1. The summed E-state index contributed by atoms with van der Waals surface area (Å²) in [5, 5.41) is 4.45. The van der Waals surface area contributed by atoms with Crippen molar-refractivity contribution in [2.45, 2.75) is 26.1 Å². The van der Waals surface area contributed by atoms with Crippen LogP contribution < -0.4 is 10.9 Å². The summed E-state index contributed by atoms with van der Waals surface area (Å²) in [6.07, 6.45) is 0. The lowest BCUT2D eigenvalue weighted by atomic mass is 10.0. The van der Waals surface area contributed by atoms with Gasteiger partial charge in [-0.1, -0.05) is 23.7 Å². The van der Waals surface area contributed by atoms with Crippen LogP contribution in [0.3, 0.4) is 0 Å². The van der Waals surface area contributed by atoms with Crippen molar-refractivity contribution in [1.29, 1.82) is 0 Å². The van der Waals surface area contributed by atoms with Crippen LogP contribution in [-0.4, -0.2) is 11.7 Å². The summed E-state index contributed by atoms with van der Waals surface area (Å²) in [7, 11) is 0. The first-order valence-corrected chi connectivity index (χ1v) is 10.1. The van der Waals surface area contributed by atoms with E-state index in [9.17, 15) is 9.59 Å². The molecule has 1 amide bonds. The number of amides is 1. The molecule has 0 radical (unpaired) electrons. The highest BCUT2D eigenvalue weighted by Crippen LogP contribution is 2.24. The SMILES string of the molecule is Cc1cc2oc(=O)cc(CSCC(=O)NCc3cccc(Cl)c3)c2cc1C. The topological polar surface area (TPSA) is 59.3 Å². The molecule has 0 atom stereocenters. The molecule has 6 heteroatoms. The van der Waals surface area contributed by atoms with Gasteiger partial charge < -0.3 is 9.73 Å². The van der Waals surface area contributed by atoms with E-state index in [2.05, 4.69) is 5.32 Å². The molecule has 0 aliphatic rings. The second kappa shape index (κ2) is 8.63. The first kappa shape index (κ1) is 19.5. The van der Waals surface area contributed by atoms with Gasteiger partial charge in [0.25, 0.3) is 0 Å². The van der Waals surface area contributed by atoms with Crippen LogP contribution in [0.15, 0.2) is 51.7 Å². The highest BCUT2D eigenvalue weighted by atomic mass is 35.5. The third-order valence-electron chi connectivity index (χ3n) is 4.31. The van der Waals surface area contributed by atoms with E-state index >= 15 is 0 Å². The van der Waals surface area contributed by atoms with Crippen molar-refractivity contribution in [3.05, 3.63) is 80.2 Å². The zero-order chi connectivity index (χ0) is 19.4. The number of hydrogen-bond donors (Lipinski definition) is 1. The lowest BCUT2D eigenvalue weighted by Gasteiger charge is -2.09. The van der Waals surface area contributed by atoms with E-state index in [1.807, 2.05) is 44.2 Å². The summed E-state index contributed by atoms with van der Waals surface area (Å²) in [6.45, 7) is 4.46. The van der Waals surface area contributed by atoms with Crippen molar-refractivity contribution in [3.8, 4) is 0 Å². The van der Waals surface area contributed by atoms with Crippen LogP contribution in [0.25, 0.3) is 11.0 Å². The minimum atomic E-state index is -0.369. The average molecular weight is 402 g/mol. The van der Waals surface area contributed by atoms with Gasteiger partial charge in [0.1, 0.15) is 5.58 Å². The summed E-state index contributed by atoms with van der Waals surface area (Å²) in [6, 6.07) is 12.8. The first-order chi connectivity index (χ1) is 12.9. The third kappa shape index (κ3) is 5.15. The lowest BCUT2D eigenvalue weighted by molar-refractivity contribution is -0.118. The van der Waals surface area contributed by atoms with E-state index in [-0.39, 0.29) is 11.5 Å². The van der Waals surface area contributed by atoms with Gasteiger partial charge in [-0.3, -0.25) is 4.79 Å². The molecule has 0 aliphatic carbocycles. The number of aryl methyl sites for hydroxylation is 2. The molecule has 1 N–H and O–H groups in total. The standard InChI is InChI=1S/C21H20ClNO3S/c1-13-6-18-16(9-21(25)26-19(18)7-14(13)2)11-27-12-20(24)23-10-15-4-3-5-17(22)8-15/h3-9H,10-12H2,1-2H3,(H,23,24). The zero-order valence-corrected chi connectivity index (χ0v) is 16.7. The Morgan fingerprint density at radius 1 is 1.15 bits per heavy atom. The summed E-state index contributed by atoms with van der Waals surface area (Å²) in [5.74, 6) is 0.821. The highest BCUT2D eigenvalue weighted by Gasteiger charge is 2.09. The van der Waals surface area contributed by atoms with Crippen LogP contribution >= 0.6 is 23.4 Å². The van der Waals surface area contributed by atoms with Crippen LogP contribution in [0, 0.1) is 13.8 Å². The van der Waals surface area contributed by atoms with Crippen LogP contribution in [0.1, 0.15) is 22.3 Å². The van der Waals surface area contributed by atoms with E-state index < -0.39 is 0 Å². The van der Waals surface area contributed by atoms with Gasteiger partial charge in [0.2, 0.25) is 5.91 Å². The Balaban J connectivity index is 1.61. The van der Waals surface area contributed by atoms with Crippen LogP contribution in [0.2, 0.25) is 5.02 Å². The molecule has 3 rings (SSSR count). The molecule has 0 saturated carbocycles. The minimum absolute atomic E-state index is 0.0562. The maximum atomic E-state index is 12.1. The Hall–Kier alpha value is -2.24. The summed E-state index contributed by atoms with van der Waals surface area (Å²) >= 11 is 7.41. The van der Waals surface area contributed by atoms with Gasteiger partial charge in [-0.15, -0.1) is 11.8 Å². The number of thioether (sulfide) groups is 1. The van der Waals surface area contributed by atoms with Crippen LogP contribution in [0.5, 0.6) is 0 Å². The number of hydrogen-bond acceptors (Lipinski definition) is 4. The smallest absolute Gasteiger partial charge is 0.336 e. The molecule has 1 aromatic heterocycles. The maximum Gasteiger partial charge on any atom is 0.336 e. The number of halogens is 1. The number of carbonyl (C=O) groups excluding carboxylic acids is 1. The molecular weight excluding hydrogens is 382 g/mol. The van der Waals surface area contributed by atoms with Crippen molar-refractivity contribution < 1.29 is 9.21 Å². The van der Waals surface area contributed by atoms with Gasteiger partial charge in [-0.2, -0.15) is 0 Å². The highest BCUT2D eigenvalue weighted by molar-refractivity contribution is 7.99. The average Bonchev–Trinajstić information content (AvgIpc) is 2.61. The predicted octanol–water partition coefficient (Wildman–Crippen LogP) is 4.61. The molecule has 0 bridgehead atoms. The second-order valence-corrected chi connectivity index (χ2v) is 7.84. The third-order valence-corrected chi connectivity index (χ3v) is 5.53. The van der Waals surface area contributed by atoms with Gasteiger partial charge in [-0.05, 0) is 60.4 Å². The molecule has 0 spiro atoms. The van der Waals surface area contributed by atoms with E-state index in [4.69, 9.17) is 16.0 Å². The van der Waals surface area contributed by atoms with E-state index in [0.717, 1.165) is 27.6 Å². The molecule has 0 saturated heterocycles. The molecule has 0 aliphatic heterocycles. The monoisotopic (exact) mass is 401 g/mol. The predicted molar refractivity (Wildman–Crippen MR) is 111 cm³/mol. The fourth-order valence-electron chi connectivity index (χ4n) is 2.75. The molecular formula is C21H20ClNO3S. The van der Waals surface area contributed by atoms with Gasteiger partial charge in [-0.25, -0.2) is 4.79 Å². The minimum Gasteiger partial charge on any atom is -0.423 e. The van der Waals surface area contributed by atoms with Gasteiger partial charge in [0, 0.05) is 28.8 Å². The molecule has 27 heavy (non-hydrogen) atoms. The van der Waals surface area contributed by atoms with Crippen LogP contribution in [0.4, 0.5) is 0 Å². The lowest BCUT2D eigenvalue weighted by Crippen LogP contribution is -2.24. The number of fused-ring (bicyclic) bond motifs is 1. The fourth-order valence-corrected chi connectivity index (χ4v) is 3.82. The van der Waals surface area contributed by atoms with Gasteiger partial charge in [0.15, 0.2) is 0 Å². The van der Waals surface area contributed by atoms with E-state index in [1.54, 1.807) is 6.07 Å². The van der Waals surface area contributed by atoms with Crippen molar-refractivity contribution in [2.75, 3.05) is 5.75 Å². The van der Waals surface area contributed by atoms with E-state index in [1.165, 1.54) is 17.8 Å². The molecule has 4 nitrogen and oxygen atoms in total. The van der Waals surface area contributed by atoms with Crippen LogP contribution in [-0.2, 0) is 17.1 Å². The molecule has 140 valence electrons. The second-order valence-electron chi connectivity index (χ2n) is 6.42. The summed E-state index contributed by atoms with van der Waals surface area (Å²) in [5.41, 5.74) is 4.28. The van der Waals surface area contributed by atoms with Crippen molar-refractivity contribution in [3.63, 3.8) is 0 Å². The number of benzene rings is 2. The molecule has 3 aromatic rings.